The molecule has 1 amide bonds. The molecule has 1 rings (SSSR count). The van der Waals surface area contributed by atoms with E-state index < -0.39 is 23.7 Å². The van der Waals surface area contributed by atoms with E-state index in [-0.39, 0.29) is 5.69 Å². The van der Waals surface area contributed by atoms with Crippen molar-refractivity contribution in [3.63, 3.8) is 0 Å². The molecule has 1 N–H and O–H groups in total. The Kier molecular flexibility index (Phi) is 5.75. The third-order valence-electron chi connectivity index (χ3n) is 2.40. The molecule has 21 heavy (non-hydrogen) atoms. The van der Waals surface area contributed by atoms with Crippen molar-refractivity contribution in [2.75, 3.05) is 7.05 Å². The Morgan fingerprint density at radius 2 is 1.95 bits per heavy atom. The van der Waals surface area contributed by atoms with Gasteiger partial charge in [0.1, 0.15) is 5.60 Å². The van der Waals surface area contributed by atoms with Gasteiger partial charge in [-0.1, -0.05) is 0 Å². The summed E-state index contributed by atoms with van der Waals surface area (Å²) in [4.78, 5) is 28.7. The summed E-state index contributed by atoms with van der Waals surface area (Å²) >= 11 is 6.50. The van der Waals surface area contributed by atoms with E-state index >= 15 is 0 Å². The van der Waals surface area contributed by atoms with Crippen molar-refractivity contribution in [1.29, 1.82) is 0 Å². The van der Waals surface area contributed by atoms with Crippen molar-refractivity contribution in [1.82, 2.24) is 9.88 Å². The van der Waals surface area contributed by atoms with Crippen LogP contribution in [0.5, 0.6) is 0 Å². The van der Waals surface area contributed by atoms with Gasteiger partial charge in [0, 0.05) is 22.2 Å². The van der Waals surface area contributed by atoms with Crippen LogP contribution >= 0.6 is 31.9 Å². The number of nitrogens with zero attached hydrogens (tertiary/aromatic N) is 2. The predicted octanol–water partition coefficient (Wildman–Crippen LogP) is 3.60. The smallest absolute Gasteiger partial charge is 0.411 e. The molecule has 0 radical (unpaired) electrons. The SMILES string of the molecule is CN(C(=O)OC(C)(C)C)C(C(=O)O)c1ncc(Br)cc1Br. The van der Waals surface area contributed by atoms with Gasteiger partial charge in [-0.15, -0.1) is 0 Å². The minimum atomic E-state index is -1.25. The summed E-state index contributed by atoms with van der Waals surface area (Å²) < 4.78 is 6.37. The van der Waals surface area contributed by atoms with E-state index in [9.17, 15) is 14.7 Å². The monoisotopic (exact) mass is 422 g/mol. The summed E-state index contributed by atoms with van der Waals surface area (Å²) in [6.07, 6.45) is 0.741. The number of ether oxygens (including phenoxy) is 1. The fourth-order valence-electron chi connectivity index (χ4n) is 1.53. The molecule has 0 aliphatic heterocycles. The highest BCUT2D eigenvalue weighted by Crippen LogP contribution is 2.28. The predicted molar refractivity (Wildman–Crippen MR) is 84.0 cm³/mol. The van der Waals surface area contributed by atoms with Crippen molar-refractivity contribution >= 4 is 43.9 Å². The number of halogens is 2. The van der Waals surface area contributed by atoms with Gasteiger partial charge in [-0.2, -0.15) is 0 Å². The first-order valence-electron chi connectivity index (χ1n) is 6.02. The lowest BCUT2D eigenvalue weighted by atomic mass is 10.1. The zero-order valence-electron chi connectivity index (χ0n) is 12.1. The fraction of sp³-hybridized carbons (Fsp3) is 0.462. The van der Waals surface area contributed by atoms with Crippen LogP contribution in [0.25, 0.3) is 0 Å². The van der Waals surface area contributed by atoms with E-state index in [0.29, 0.717) is 8.95 Å². The first-order chi connectivity index (χ1) is 9.53. The van der Waals surface area contributed by atoms with Crippen LogP contribution < -0.4 is 0 Å². The quantitative estimate of drug-likeness (QED) is 0.803. The largest absolute Gasteiger partial charge is 0.479 e. The lowest BCUT2D eigenvalue weighted by Gasteiger charge is -2.28. The Balaban J connectivity index is 3.12. The van der Waals surface area contributed by atoms with Crippen LogP contribution in [0.15, 0.2) is 21.2 Å². The standard InChI is InChI=1S/C13H16Br2N2O4/c1-13(2,3)21-12(20)17(4)10(11(18)19)9-8(15)5-7(14)6-16-9/h5-6,10H,1-4H3,(H,18,19). The Bertz CT molecular complexity index is 558. The number of carboxylic acids is 1. The number of rotatable bonds is 3. The minimum Gasteiger partial charge on any atom is -0.479 e. The van der Waals surface area contributed by atoms with Crippen LogP contribution in [0.1, 0.15) is 32.5 Å². The van der Waals surface area contributed by atoms with Gasteiger partial charge in [0.2, 0.25) is 0 Å². The van der Waals surface area contributed by atoms with Crippen LogP contribution in [0.4, 0.5) is 4.79 Å². The van der Waals surface area contributed by atoms with E-state index in [0.717, 1.165) is 4.90 Å². The molecule has 8 heteroatoms. The van der Waals surface area contributed by atoms with Gasteiger partial charge >= 0.3 is 12.1 Å². The third-order valence-corrected chi connectivity index (χ3v) is 3.47. The Labute approximate surface area is 139 Å². The number of likely N-dealkylation sites (N-methyl/N-ethyl adjacent to an activating group) is 1. The normalized spacial score (nSPS) is 12.7. The molecule has 0 aliphatic rings. The number of hydrogen-bond donors (Lipinski definition) is 1. The van der Waals surface area contributed by atoms with E-state index in [1.54, 1.807) is 26.8 Å². The molecule has 0 saturated heterocycles. The Hall–Kier alpha value is -1.15. The number of carbonyl (C=O) groups excluding carboxylic acids is 1. The second-order valence-corrected chi connectivity index (χ2v) is 7.12. The van der Waals surface area contributed by atoms with Crippen molar-refractivity contribution in [2.24, 2.45) is 0 Å². The lowest BCUT2D eigenvalue weighted by Crippen LogP contribution is -2.40. The number of carbonyl (C=O) groups is 2. The van der Waals surface area contributed by atoms with Gasteiger partial charge in [0.05, 0.1) is 5.69 Å². The minimum absolute atomic E-state index is 0.221. The first-order valence-corrected chi connectivity index (χ1v) is 7.61. The van der Waals surface area contributed by atoms with Gasteiger partial charge < -0.3 is 9.84 Å². The van der Waals surface area contributed by atoms with Crippen LogP contribution in [-0.2, 0) is 9.53 Å². The number of aromatic nitrogens is 1. The average molecular weight is 424 g/mol. The molecule has 116 valence electrons. The molecule has 0 spiro atoms. The number of aliphatic carboxylic acids is 1. The molecule has 1 atom stereocenters. The van der Waals surface area contributed by atoms with Gasteiger partial charge in [-0.25, -0.2) is 9.59 Å². The summed E-state index contributed by atoms with van der Waals surface area (Å²) in [7, 11) is 1.36. The summed E-state index contributed by atoms with van der Waals surface area (Å²) in [6.45, 7) is 5.13. The third kappa shape index (κ3) is 4.96. The van der Waals surface area contributed by atoms with Gasteiger partial charge in [0.25, 0.3) is 0 Å². The number of pyridine rings is 1. The average Bonchev–Trinajstić information content (AvgIpc) is 2.29. The Morgan fingerprint density at radius 3 is 2.38 bits per heavy atom. The van der Waals surface area contributed by atoms with Crippen molar-refractivity contribution in [2.45, 2.75) is 32.4 Å². The van der Waals surface area contributed by atoms with E-state index in [2.05, 4.69) is 36.8 Å². The van der Waals surface area contributed by atoms with Gasteiger partial charge in [-0.05, 0) is 58.7 Å². The molecular formula is C13H16Br2N2O4. The molecule has 0 bridgehead atoms. The molecule has 0 aromatic carbocycles. The highest BCUT2D eigenvalue weighted by molar-refractivity contribution is 9.11. The topological polar surface area (TPSA) is 79.7 Å². The van der Waals surface area contributed by atoms with Crippen LogP contribution in [-0.4, -0.2) is 39.7 Å². The lowest BCUT2D eigenvalue weighted by molar-refractivity contribution is -0.143. The second-order valence-electron chi connectivity index (χ2n) is 5.35. The maximum absolute atomic E-state index is 12.0. The highest BCUT2D eigenvalue weighted by atomic mass is 79.9. The molecule has 1 unspecified atom stereocenters. The molecule has 1 aromatic heterocycles. The number of carboxylic acid groups (broad SMARTS) is 1. The van der Waals surface area contributed by atoms with Crippen LogP contribution in [0.2, 0.25) is 0 Å². The van der Waals surface area contributed by atoms with E-state index in [1.165, 1.54) is 13.2 Å². The van der Waals surface area contributed by atoms with E-state index in [4.69, 9.17) is 4.74 Å². The van der Waals surface area contributed by atoms with Crippen molar-refractivity contribution in [3.05, 3.63) is 26.9 Å². The van der Waals surface area contributed by atoms with Crippen LogP contribution in [0, 0.1) is 0 Å². The van der Waals surface area contributed by atoms with Gasteiger partial charge in [0.15, 0.2) is 6.04 Å². The van der Waals surface area contributed by atoms with Gasteiger partial charge in [-0.3, -0.25) is 9.88 Å². The molecule has 0 aliphatic carbocycles. The number of hydrogen-bond acceptors (Lipinski definition) is 4. The fourth-order valence-corrected chi connectivity index (χ4v) is 2.74. The van der Waals surface area contributed by atoms with Crippen LogP contribution in [0.3, 0.4) is 0 Å². The molecule has 6 nitrogen and oxygen atoms in total. The molecule has 0 saturated carbocycles. The summed E-state index contributed by atoms with van der Waals surface area (Å²) in [5.41, 5.74) is -0.488. The zero-order valence-corrected chi connectivity index (χ0v) is 15.2. The second kappa shape index (κ2) is 6.74. The number of amides is 1. The first kappa shape index (κ1) is 17.9. The molecule has 0 fully saturated rings. The molecule has 1 heterocycles. The van der Waals surface area contributed by atoms with E-state index in [1.807, 2.05) is 0 Å². The Morgan fingerprint density at radius 1 is 1.38 bits per heavy atom. The zero-order chi connectivity index (χ0) is 16.4. The molecular weight excluding hydrogens is 408 g/mol. The summed E-state index contributed by atoms with van der Waals surface area (Å²) in [6, 6.07) is 0.420. The maximum atomic E-state index is 12.0. The van der Waals surface area contributed by atoms with Crippen molar-refractivity contribution in [3.8, 4) is 0 Å². The maximum Gasteiger partial charge on any atom is 0.411 e. The summed E-state index contributed by atoms with van der Waals surface area (Å²) in [5.74, 6) is -1.20. The summed E-state index contributed by atoms with van der Waals surface area (Å²) in [5, 5.41) is 9.42. The molecule has 1 aromatic rings. The van der Waals surface area contributed by atoms with Crippen molar-refractivity contribution < 1.29 is 19.4 Å². The highest BCUT2D eigenvalue weighted by Gasteiger charge is 2.33.